The minimum Gasteiger partial charge on any atom is -0.483 e. The topological polar surface area (TPSA) is 133 Å². The molecule has 0 aliphatic carbocycles. The summed E-state index contributed by atoms with van der Waals surface area (Å²) in [4.78, 5) is 46.1. The van der Waals surface area contributed by atoms with Gasteiger partial charge in [0.15, 0.2) is 0 Å². The van der Waals surface area contributed by atoms with E-state index >= 15 is 0 Å². The molecule has 10 nitrogen and oxygen atoms in total. The van der Waals surface area contributed by atoms with Crippen LogP contribution < -0.4 is 0 Å². The molecule has 32 heavy (non-hydrogen) atoms. The van der Waals surface area contributed by atoms with Crippen LogP contribution in [-0.4, -0.2) is 86.9 Å². The number of aromatic nitrogens is 2. The van der Waals surface area contributed by atoms with Crippen LogP contribution in [0.3, 0.4) is 0 Å². The lowest BCUT2D eigenvalue weighted by Crippen LogP contribution is -2.43. The van der Waals surface area contributed by atoms with Crippen LogP contribution in [0, 0.1) is 5.41 Å². The summed E-state index contributed by atoms with van der Waals surface area (Å²) in [5.41, 5.74) is 0.373. The quantitative estimate of drug-likeness (QED) is 0.645. The zero-order valence-electron chi connectivity index (χ0n) is 19.0. The summed E-state index contributed by atoms with van der Waals surface area (Å²) in [7, 11) is 0. The Bertz CT molecular complexity index is 778. The van der Waals surface area contributed by atoms with Crippen molar-refractivity contribution in [2.24, 2.45) is 5.41 Å². The molecule has 2 amide bonds. The predicted molar refractivity (Wildman–Crippen MR) is 114 cm³/mol. The normalized spacial score (nSPS) is 22.0. The number of carboxylic acid groups (broad SMARTS) is 2. The second kappa shape index (κ2) is 12.2. The number of amides is 2. The Morgan fingerprint density at radius 3 is 2.31 bits per heavy atom. The van der Waals surface area contributed by atoms with Crippen LogP contribution in [0.25, 0.3) is 0 Å². The third-order valence-corrected chi connectivity index (χ3v) is 5.86. The van der Waals surface area contributed by atoms with Crippen LogP contribution in [0.4, 0.5) is 4.39 Å². The largest absolute Gasteiger partial charge is 0.483 e. The third-order valence-electron chi connectivity index (χ3n) is 5.86. The first-order valence-corrected chi connectivity index (χ1v) is 10.5. The maximum Gasteiger partial charge on any atom is 0.290 e. The first-order chi connectivity index (χ1) is 15.1. The van der Waals surface area contributed by atoms with Crippen molar-refractivity contribution in [3.05, 3.63) is 18.0 Å². The summed E-state index contributed by atoms with van der Waals surface area (Å²) in [5, 5.41) is 18.2. The molecular weight excluding hydrogens is 423 g/mol. The van der Waals surface area contributed by atoms with Gasteiger partial charge in [-0.25, -0.2) is 0 Å². The van der Waals surface area contributed by atoms with Gasteiger partial charge in [0, 0.05) is 49.5 Å². The Hall–Kier alpha value is -2.98. The van der Waals surface area contributed by atoms with E-state index in [-0.39, 0.29) is 49.2 Å². The molecule has 2 aliphatic heterocycles. The van der Waals surface area contributed by atoms with Crippen LogP contribution >= 0.6 is 0 Å². The maximum absolute atomic E-state index is 13.4. The van der Waals surface area contributed by atoms with Crippen molar-refractivity contribution in [1.29, 1.82) is 0 Å². The number of alkyl halides is 1. The summed E-state index contributed by atoms with van der Waals surface area (Å²) >= 11 is 0. The predicted octanol–water partition coefficient (Wildman–Crippen LogP) is 1.78. The molecule has 0 radical (unpaired) electrons. The summed E-state index contributed by atoms with van der Waals surface area (Å²) < 4.78 is 14.7. The molecule has 0 bridgehead atoms. The first kappa shape index (κ1) is 27.1. The zero-order chi connectivity index (χ0) is 24.5. The number of hydrogen-bond donors (Lipinski definition) is 2. The first-order valence-electron chi connectivity index (χ1n) is 10.5. The van der Waals surface area contributed by atoms with Gasteiger partial charge < -0.3 is 20.0 Å². The Balaban J connectivity index is 0.000000769. The van der Waals surface area contributed by atoms with E-state index in [0.29, 0.717) is 19.6 Å². The highest BCUT2D eigenvalue weighted by molar-refractivity contribution is 5.88. The lowest BCUT2D eigenvalue weighted by Gasteiger charge is -2.30. The fourth-order valence-corrected chi connectivity index (χ4v) is 4.52. The average Bonchev–Trinajstić information content (AvgIpc) is 3.42. The standard InChI is InChI=1S/C19H29FN4O2.2CH2O2/c1-13(2)23-10-7-19(18(23)26)12-22(17(25)5-8-20)11-15(19)16-6-9-21-24(16)14(3)4;2*2-1-3/h6,9,13-15H,5,7-8,10-12H2,1-4H3;2*1H,(H,2,3). The highest BCUT2D eigenvalue weighted by Crippen LogP contribution is 2.50. The SMILES string of the molecule is CC(C)N1CCC2(CN(C(=O)CCF)CC2c2ccnn2C(C)C)C1=O.O=CO.O=CO. The number of halogens is 1. The molecule has 1 aromatic rings. The van der Waals surface area contributed by atoms with E-state index in [1.54, 1.807) is 11.1 Å². The fraction of sp³-hybridized carbons (Fsp3) is 0.667. The van der Waals surface area contributed by atoms with Crippen LogP contribution in [0.2, 0.25) is 0 Å². The molecule has 2 aliphatic rings. The zero-order valence-corrected chi connectivity index (χ0v) is 19.0. The van der Waals surface area contributed by atoms with Crippen molar-refractivity contribution < 1.29 is 33.8 Å². The van der Waals surface area contributed by atoms with Gasteiger partial charge in [0.05, 0.1) is 18.5 Å². The van der Waals surface area contributed by atoms with Gasteiger partial charge in [-0.1, -0.05) is 0 Å². The van der Waals surface area contributed by atoms with Gasteiger partial charge in [0.25, 0.3) is 12.9 Å². The lowest BCUT2D eigenvalue weighted by molar-refractivity contribution is -0.138. The summed E-state index contributed by atoms with van der Waals surface area (Å²) in [6.45, 7) is 8.52. The molecule has 1 aromatic heterocycles. The number of nitrogens with zero attached hydrogens (tertiary/aromatic N) is 4. The van der Waals surface area contributed by atoms with Crippen LogP contribution in [-0.2, 0) is 19.2 Å². The number of likely N-dealkylation sites (tertiary alicyclic amines) is 2. The van der Waals surface area contributed by atoms with Gasteiger partial charge in [-0.05, 0) is 40.2 Å². The lowest BCUT2D eigenvalue weighted by atomic mass is 9.75. The molecule has 2 atom stereocenters. The van der Waals surface area contributed by atoms with Crippen molar-refractivity contribution >= 4 is 24.8 Å². The summed E-state index contributed by atoms with van der Waals surface area (Å²) in [5.74, 6) is -0.197. The molecule has 3 rings (SSSR count). The van der Waals surface area contributed by atoms with E-state index in [2.05, 4.69) is 18.9 Å². The molecule has 0 aromatic carbocycles. The minimum atomic E-state index is -0.664. The van der Waals surface area contributed by atoms with Gasteiger partial charge in [0.1, 0.15) is 0 Å². The summed E-state index contributed by atoms with van der Waals surface area (Å²) in [6.07, 6.45) is 2.36. The second-order valence-corrected chi connectivity index (χ2v) is 8.27. The Kier molecular flexibility index (Phi) is 10.3. The van der Waals surface area contributed by atoms with E-state index in [0.717, 1.165) is 12.1 Å². The van der Waals surface area contributed by atoms with E-state index in [1.165, 1.54) is 0 Å². The smallest absolute Gasteiger partial charge is 0.290 e. The van der Waals surface area contributed by atoms with E-state index in [1.807, 2.05) is 29.5 Å². The average molecular weight is 457 g/mol. The molecule has 3 heterocycles. The van der Waals surface area contributed by atoms with Gasteiger partial charge >= 0.3 is 0 Å². The van der Waals surface area contributed by atoms with Gasteiger partial charge in [0.2, 0.25) is 11.8 Å². The maximum atomic E-state index is 13.4. The molecular formula is C21H33FN4O6. The Morgan fingerprint density at radius 2 is 1.84 bits per heavy atom. The van der Waals surface area contributed by atoms with Crippen molar-refractivity contribution in [2.45, 2.75) is 58.5 Å². The number of rotatable bonds is 5. The highest BCUT2D eigenvalue weighted by Gasteiger charge is 2.59. The Labute approximate surface area is 187 Å². The number of hydrogen-bond acceptors (Lipinski definition) is 5. The van der Waals surface area contributed by atoms with Crippen molar-refractivity contribution in [2.75, 3.05) is 26.3 Å². The minimum absolute atomic E-state index is 0.104. The third kappa shape index (κ3) is 5.63. The van der Waals surface area contributed by atoms with Crippen molar-refractivity contribution in [3.63, 3.8) is 0 Å². The van der Waals surface area contributed by atoms with Crippen molar-refractivity contribution in [3.8, 4) is 0 Å². The van der Waals surface area contributed by atoms with E-state index in [9.17, 15) is 14.0 Å². The highest BCUT2D eigenvalue weighted by atomic mass is 19.1. The summed E-state index contributed by atoms with van der Waals surface area (Å²) in [6, 6.07) is 2.26. The molecule has 2 fully saturated rings. The molecule has 11 heteroatoms. The monoisotopic (exact) mass is 456 g/mol. The molecule has 2 unspecified atom stereocenters. The molecule has 0 saturated carbocycles. The van der Waals surface area contributed by atoms with Crippen molar-refractivity contribution in [1.82, 2.24) is 19.6 Å². The number of carbonyl (C=O) groups is 4. The van der Waals surface area contributed by atoms with E-state index < -0.39 is 12.1 Å². The molecule has 2 saturated heterocycles. The molecule has 2 N–H and O–H groups in total. The Morgan fingerprint density at radius 1 is 1.25 bits per heavy atom. The van der Waals surface area contributed by atoms with Gasteiger partial charge in [-0.15, -0.1) is 0 Å². The van der Waals surface area contributed by atoms with E-state index in [4.69, 9.17) is 19.8 Å². The second-order valence-electron chi connectivity index (χ2n) is 8.27. The van der Waals surface area contributed by atoms with Crippen LogP contribution in [0.5, 0.6) is 0 Å². The van der Waals surface area contributed by atoms with Crippen LogP contribution in [0.15, 0.2) is 12.3 Å². The molecule has 180 valence electrons. The fourth-order valence-electron chi connectivity index (χ4n) is 4.52. The van der Waals surface area contributed by atoms with Gasteiger partial charge in [-0.3, -0.25) is 28.3 Å². The molecule has 1 spiro atoms. The van der Waals surface area contributed by atoms with Gasteiger partial charge in [-0.2, -0.15) is 5.10 Å². The van der Waals surface area contributed by atoms with Crippen LogP contribution in [0.1, 0.15) is 58.2 Å². The number of carbonyl (C=O) groups excluding carboxylic acids is 2.